The van der Waals surface area contributed by atoms with Gasteiger partial charge in [-0.15, -0.1) is 0 Å². The lowest BCUT2D eigenvalue weighted by molar-refractivity contribution is -0.137. The molecule has 2 fully saturated rings. The first-order valence-electron chi connectivity index (χ1n) is 13.5. The minimum absolute atomic E-state index is 0.00937. The predicted molar refractivity (Wildman–Crippen MR) is 138 cm³/mol. The van der Waals surface area contributed by atoms with E-state index in [2.05, 4.69) is 31.5 Å². The van der Waals surface area contributed by atoms with Crippen molar-refractivity contribution in [1.82, 2.24) is 20.1 Å². The summed E-state index contributed by atoms with van der Waals surface area (Å²) in [7, 11) is 0. The maximum atomic E-state index is 13.2. The van der Waals surface area contributed by atoms with E-state index < -0.39 is 11.7 Å². The zero-order valence-corrected chi connectivity index (χ0v) is 21.8. The number of pyridine rings is 1. The molecule has 11 heteroatoms. The van der Waals surface area contributed by atoms with Crippen molar-refractivity contribution < 1.29 is 27.4 Å². The molecular formula is C28H32F3N5O3. The fourth-order valence-corrected chi connectivity index (χ4v) is 6.13. The highest BCUT2D eigenvalue weighted by Gasteiger charge is 2.41. The molecule has 3 unspecified atom stereocenters. The molecule has 208 valence electrons. The Kier molecular flexibility index (Phi) is 7.07. The van der Waals surface area contributed by atoms with Crippen molar-refractivity contribution in [3.05, 3.63) is 52.8 Å². The highest BCUT2D eigenvalue weighted by Crippen LogP contribution is 2.38. The summed E-state index contributed by atoms with van der Waals surface area (Å²) >= 11 is 0. The number of fused-ring (bicyclic) bond motifs is 2. The zero-order chi connectivity index (χ0) is 27.1. The fraction of sp³-hybridized carbons (Fsp3) is 0.536. The zero-order valence-electron chi connectivity index (χ0n) is 21.8. The first-order chi connectivity index (χ1) is 18.7. The fourth-order valence-electron chi connectivity index (χ4n) is 6.13. The lowest BCUT2D eigenvalue weighted by atomic mass is 9.98. The van der Waals surface area contributed by atoms with Gasteiger partial charge in [0.15, 0.2) is 11.6 Å². The first kappa shape index (κ1) is 26.2. The molecule has 1 aromatic carbocycles. The minimum Gasteiger partial charge on any atom is -0.380 e. The van der Waals surface area contributed by atoms with Crippen LogP contribution in [-0.2, 0) is 26.9 Å². The van der Waals surface area contributed by atoms with Gasteiger partial charge in [-0.3, -0.25) is 19.8 Å². The summed E-state index contributed by atoms with van der Waals surface area (Å²) in [6, 6.07) is 5.85. The van der Waals surface area contributed by atoms with Crippen LogP contribution in [0.3, 0.4) is 0 Å². The van der Waals surface area contributed by atoms with Gasteiger partial charge in [0.05, 0.1) is 36.4 Å². The monoisotopic (exact) mass is 543 g/mol. The second kappa shape index (κ2) is 10.5. The van der Waals surface area contributed by atoms with Gasteiger partial charge in [0.2, 0.25) is 0 Å². The molecule has 2 saturated heterocycles. The molecule has 39 heavy (non-hydrogen) atoms. The maximum Gasteiger partial charge on any atom is 0.416 e. The number of anilines is 1. The first-order valence-corrected chi connectivity index (χ1v) is 13.5. The molecule has 3 aromatic rings. The Morgan fingerprint density at radius 3 is 2.92 bits per heavy atom. The molecule has 4 atom stereocenters. The number of aromatic nitrogens is 3. The average molecular weight is 544 g/mol. The van der Waals surface area contributed by atoms with Gasteiger partial charge in [-0.2, -0.15) is 18.3 Å². The number of ether oxygens (including phenoxy) is 2. The Hall–Kier alpha value is -3.02. The van der Waals surface area contributed by atoms with Crippen LogP contribution in [0.5, 0.6) is 0 Å². The third-order valence-electron chi connectivity index (χ3n) is 8.19. The molecule has 0 amide bonds. The number of alkyl halides is 3. The van der Waals surface area contributed by atoms with Crippen molar-refractivity contribution >= 4 is 22.5 Å². The number of nitrogens with one attached hydrogen (secondary N) is 2. The van der Waals surface area contributed by atoms with Crippen LogP contribution < -0.4 is 5.32 Å². The van der Waals surface area contributed by atoms with E-state index >= 15 is 0 Å². The van der Waals surface area contributed by atoms with Gasteiger partial charge in [0, 0.05) is 60.9 Å². The number of hydrogen-bond acceptors (Lipinski definition) is 7. The smallest absolute Gasteiger partial charge is 0.380 e. The predicted octanol–water partition coefficient (Wildman–Crippen LogP) is 4.45. The summed E-state index contributed by atoms with van der Waals surface area (Å²) in [4.78, 5) is 20.0. The van der Waals surface area contributed by atoms with Gasteiger partial charge >= 0.3 is 6.18 Å². The van der Waals surface area contributed by atoms with Crippen molar-refractivity contribution in [2.24, 2.45) is 5.92 Å². The molecule has 0 bridgehead atoms. The van der Waals surface area contributed by atoms with Gasteiger partial charge in [0.1, 0.15) is 0 Å². The second-order valence-electron chi connectivity index (χ2n) is 10.9. The summed E-state index contributed by atoms with van der Waals surface area (Å²) in [6.45, 7) is 4.89. The topological polar surface area (TPSA) is 92.4 Å². The van der Waals surface area contributed by atoms with Crippen molar-refractivity contribution in [2.45, 2.75) is 57.0 Å². The number of aromatic amines is 1. The molecule has 2 N–H and O–H groups in total. The van der Waals surface area contributed by atoms with Gasteiger partial charge in [-0.25, -0.2) is 0 Å². The van der Waals surface area contributed by atoms with Crippen molar-refractivity contribution in [3.63, 3.8) is 0 Å². The van der Waals surface area contributed by atoms with E-state index in [9.17, 15) is 18.0 Å². The van der Waals surface area contributed by atoms with E-state index in [1.165, 1.54) is 11.6 Å². The second-order valence-corrected chi connectivity index (χ2v) is 10.9. The molecule has 0 spiro atoms. The Morgan fingerprint density at radius 1 is 1.26 bits per heavy atom. The number of likely N-dealkylation sites (tertiary alicyclic amines) is 1. The molecule has 1 aliphatic carbocycles. The largest absolute Gasteiger partial charge is 0.416 e. The molecule has 8 nitrogen and oxygen atoms in total. The van der Waals surface area contributed by atoms with E-state index in [-0.39, 0.29) is 36.3 Å². The molecule has 0 radical (unpaired) electrons. The third kappa shape index (κ3) is 5.53. The number of aryl methyl sites for hydroxylation is 2. The van der Waals surface area contributed by atoms with E-state index in [4.69, 9.17) is 9.47 Å². The number of rotatable bonds is 8. The number of Topliss-reactive ketones (excluding diaryl/α,β-unsaturated/α-hetero) is 1. The number of benzene rings is 1. The average Bonchev–Trinajstić information content (AvgIpc) is 3.69. The molecule has 2 aromatic heterocycles. The van der Waals surface area contributed by atoms with Crippen LogP contribution in [-0.4, -0.2) is 70.9 Å². The summed E-state index contributed by atoms with van der Waals surface area (Å²) in [5.74, 6) is 0.208. The number of halogens is 3. The highest BCUT2D eigenvalue weighted by atomic mass is 19.4. The van der Waals surface area contributed by atoms with Crippen LogP contribution in [0.15, 0.2) is 30.5 Å². The van der Waals surface area contributed by atoms with Crippen molar-refractivity contribution in [3.8, 4) is 0 Å². The van der Waals surface area contributed by atoms with Crippen molar-refractivity contribution in [1.29, 1.82) is 0 Å². The normalized spacial score (nSPS) is 25.4. The summed E-state index contributed by atoms with van der Waals surface area (Å²) < 4.78 is 51.8. The summed E-state index contributed by atoms with van der Waals surface area (Å²) in [6.07, 6.45) is 0.456. The number of carbonyl (C=O) groups is 1. The molecular weight excluding hydrogens is 511 g/mol. The third-order valence-corrected chi connectivity index (χ3v) is 8.19. The lowest BCUT2D eigenvalue weighted by Gasteiger charge is -2.24. The molecule has 3 aliphatic rings. The Bertz CT molecular complexity index is 1350. The molecule has 0 saturated carbocycles. The molecule has 4 heterocycles. The van der Waals surface area contributed by atoms with Crippen LogP contribution in [0.25, 0.3) is 10.9 Å². The number of nitrogens with zero attached hydrogens (tertiary/aromatic N) is 3. The minimum atomic E-state index is -4.46. The van der Waals surface area contributed by atoms with E-state index in [1.807, 2.05) is 13.1 Å². The summed E-state index contributed by atoms with van der Waals surface area (Å²) in [5.41, 5.74) is 3.13. The number of carbonyl (C=O) groups excluding carboxylic acids is 1. The van der Waals surface area contributed by atoms with Crippen LogP contribution >= 0.6 is 0 Å². The molecule has 2 aliphatic heterocycles. The number of hydrogen-bond donors (Lipinski definition) is 2. The van der Waals surface area contributed by atoms with Gasteiger partial charge in [-0.05, 0) is 56.0 Å². The standard InChI is InChI=1S/C28H32F3N5O3/c1-16-8-17-2-5-25(23(17)12-32-16)39-26-14-36(20-6-7-38-15-20)13-18(26)9-21(37)11-33-27-22-10-19(28(29,30)31)3-4-24(22)34-35-27/h3-4,8,10,12,18,20,25-26H,2,5-7,9,11,13-15H2,1H3,(H2,33,34,35)/t18?,20?,25?,26-/m0/s1. The van der Waals surface area contributed by atoms with Gasteiger partial charge in [0.25, 0.3) is 0 Å². The Labute approximate surface area is 224 Å². The number of H-pyrrole nitrogens is 1. The van der Waals surface area contributed by atoms with Gasteiger partial charge in [-0.1, -0.05) is 0 Å². The highest BCUT2D eigenvalue weighted by molar-refractivity contribution is 5.92. The van der Waals surface area contributed by atoms with Crippen LogP contribution in [0.1, 0.15) is 47.8 Å². The van der Waals surface area contributed by atoms with Crippen LogP contribution in [0.4, 0.5) is 19.0 Å². The van der Waals surface area contributed by atoms with Crippen LogP contribution in [0.2, 0.25) is 0 Å². The van der Waals surface area contributed by atoms with E-state index in [0.29, 0.717) is 30.0 Å². The van der Waals surface area contributed by atoms with E-state index in [0.717, 1.165) is 62.3 Å². The maximum absolute atomic E-state index is 13.2. The van der Waals surface area contributed by atoms with Crippen LogP contribution in [0, 0.1) is 12.8 Å². The lowest BCUT2D eigenvalue weighted by Crippen LogP contribution is -2.34. The number of ketones is 1. The summed E-state index contributed by atoms with van der Waals surface area (Å²) in [5, 5.41) is 10.1. The van der Waals surface area contributed by atoms with Gasteiger partial charge < -0.3 is 14.8 Å². The van der Waals surface area contributed by atoms with E-state index in [1.54, 1.807) is 0 Å². The van der Waals surface area contributed by atoms with Crippen molar-refractivity contribution in [2.75, 3.05) is 38.2 Å². The SMILES string of the molecule is Cc1cc2c(cn1)C(O[C@H]1CN(C3CCOC3)CC1CC(=O)CNc1n[nH]c3ccc(C(F)(F)F)cc13)CC2. The quantitative estimate of drug-likeness (QED) is 0.434. The molecule has 6 rings (SSSR count). The Morgan fingerprint density at radius 2 is 2.13 bits per heavy atom. The Balaban J connectivity index is 1.13.